The van der Waals surface area contributed by atoms with Crippen LogP contribution in [0.2, 0.25) is 0 Å². The van der Waals surface area contributed by atoms with E-state index in [1.165, 1.54) is 120 Å². The maximum absolute atomic E-state index is 2.50. The summed E-state index contributed by atoms with van der Waals surface area (Å²) >= 11 is 0. The van der Waals surface area contributed by atoms with Crippen molar-refractivity contribution in [1.29, 1.82) is 0 Å². The topological polar surface area (TPSA) is 16.3 Å². The molecule has 4 nitrogen and oxygen atoms in total. The molecule has 0 bridgehead atoms. The molecule has 2 heterocycles. The minimum absolute atomic E-state index is 1.08. The van der Waals surface area contributed by atoms with Gasteiger partial charge < -0.3 is 18.9 Å². The number of hydrogen-bond donors (Lipinski definition) is 0. The first kappa shape index (κ1) is 54.7. The zero-order valence-corrected chi connectivity index (χ0v) is 52.1. The maximum Gasteiger partial charge on any atom is 0.0626 e. The van der Waals surface area contributed by atoms with Crippen LogP contribution in [0.25, 0.3) is 148 Å². The van der Waals surface area contributed by atoms with E-state index in [0.717, 1.165) is 56.4 Å². The number of aromatic nitrogens is 2. The summed E-state index contributed by atoms with van der Waals surface area (Å²) in [5.74, 6) is 0. The minimum Gasteiger partial charge on any atom is -0.345 e. The number of nitrogens with zero attached hydrogens (tertiary/aromatic N) is 4. The summed E-state index contributed by atoms with van der Waals surface area (Å²) in [6, 6.07) is 125. The molecule has 0 N–H and O–H groups in total. The molecule has 0 aliphatic rings. The summed E-state index contributed by atoms with van der Waals surface area (Å²) < 4.78 is 4.90. The lowest BCUT2D eigenvalue weighted by molar-refractivity contribution is 1.02. The van der Waals surface area contributed by atoms with Crippen molar-refractivity contribution in [2.24, 2.45) is 7.05 Å². The van der Waals surface area contributed by atoms with Crippen molar-refractivity contribution in [1.82, 2.24) is 9.13 Å². The highest BCUT2D eigenvalue weighted by Crippen LogP contribution is 2.50. The van der Waals surface area contributed by atoms with Crippen molar-refractivity contribution in [3.63, 3.8) is 0 Å². The molecule has 0 aliphatic heterocycles. The highest BCUT2D eigenvalue weighted by Gasteiger charge is 2.25. The van der Waals surface area contributed by atoms with Crippen LogP contribution in [0.15, 0.2) is 340 Å². The highest BCUT2D eigenvalue weighted by atomic mass is 15.1. The molecule has 18 rings (SSSR count). The molecule has 0 atom stereocenters. The van der Waals surface area contributed by atoms with E-state index in [2.05, 4.69) is 373 Å². The summed E-state index contributed by atoms with van der Waals surface area (Å²) in [4.78, 5) is 4.76. The van der Waals surface area contributed by atoms with Gasteiger partial charge in [0.1, 0.15) is 0 Å². The number of fused-ring (bicyclic) bond motifs is 16. The molecule has 94 heavy (non-hydrogen) atoms. The third-order valence-electron chi connectivity index (χ3n) is 19.7. The predicted octanol–water partition coefficient (Wildman–Crippen LogP) is 24.6. The second kappa shape index (κ2) is 22.3. The average molecular weight is 1200 g/mol. The molecule has 0 fully saturated rings. The maximum atomic E-state index is 2.50. The molecular weight excluding hydrogens is 1140 g/mol. The van der Waals surface area contributed by atoms with Crippen molar-refractivity contribution < 1.29 is 0 Å². The Labute approximate surface area is 545 Å². The second-order valence-electron chi connectivity index (χ2n) is 24.8. The van der Waals surface area contributed by atoms with Crippen LogP contribution in [0.5, 0.6) is 0 Å². The number of rotatable bonds is 11. The van der Waals surface area contributed by atoms with Crippen molar-refractivity contribution in [2.45, 2.75) is 0 Å². The predicted molar refractivity (Wildman–Crippen MR) is 401 cm³/mol. The van der Waals surface area contributed by atoms with Gasteiger partial charge in [0.15, 0.2) is 0 Å². The lowest BCUT2D eigenvalue weighted by Gasteiger charge is -2.27. The van der Waals surface area contributed by atoms with E-state index in [4.69, 9.17) is 0 Å². The molecule has 0 unspecified atom stereocenters. The van der Waals surface area contributed by atoms with Gasteiger partial charge in [-0.05, 0) is 173 Å². The van der Waals surface area contributed by atoms with E-state index in [1.807, 2.05) is 0 Å². The summed E-state index contributed by atoms with van der Waals surface area (Å²) in [5.41, 5.74) is 23.3. The summed E-state index contributed by atoms with van der Waals surface area (Å²) in [6.45, 7) is 0. The van der Waals surface area contributed by atoms with Gasteiger partial charge in [0.2, 0.25) is 0 Å². The lowest BCUT2D eigenvalue weighted by atomic mass is 9.93. The van der Waals surface area contributed by atoms with Gasteiger partial charge in [0.25, 0.3) is 0 Å². The van der Waals surface area contributed by atoms with Crippen molar-refractivity contribution in [2.75, 3.05) is 16.8 Å². The third-order valence-corrected chi connectivity index (χ3v) is 19.7. The van der Waals surface area contributed by atoms with E-state index >= 15 is 0 Å². The number of anilines is 5. The molecule has 0 saturated heterocycles. The zero-order valence-electron chi connectivity index (χ0n) is 52.1. The fourth-order valence-electron chi connectivity index (χ4n) is 15.2. The molecule has 0 amide bonds. The fourth-order valence-corrected chi connectivity index (χ4v) is 15.2. The third kappa shape index (κ3) is 8.90. The van der Waals surface area contributed by atoms with Crippen molar-refractivity contribution >= 4 is 115 Å². The zero-order chi connectivity index (χ0) is 62.4. The van der Waals surface area contributed by atoms with E-state index in [1.54, 1.807) is 0 Å². The summed E-state index contributed by atoms with van der Waals surface area (Å²) in [5, 5.41) is 15.1. The average Bonchev–Trinajstić information content (AvgIpc) is 1.54. The van der Waals surface area contributed by atoms with Gasteiger partial charge in [-0.2, -0.15) is 0 Å². The molecular formula is C90H62N4. The standard InChI is InChI=1S/C90H62N4/c1-91(68-50-48-63(49-51-68)73-40-20-42-83-85(73)86-78-36-13-9-33-75(78)77-35-12-16-39-81(77)90(86)94(83)70-54-44-61(45-55-70)59-22-5-3-6-23-59)71-30-18-29-67(57-71)65-27-17-26-64(56-65)62-46-52-69(53-47-62)93(72-31-19-28-66(58-72)60-24-7-4-8-25-60)84-43-21-41-82-88(84)87-79-37-14-10-32-74(79)76-34-11-15-38-80(76)89(87)92(82)2/h3-58H,1-2H3. The number of benzene rings is 16. The van der Waals surface area contributed by atoms with Crippen LogP contribution in [0.3, 0.4) is 0 Å². The van der Waals surface area contributed by atoms with Crippen molar-refractivity contribution in [3.05, 3.63) is 340 Å². The quantitative estimate of drug-likeness (QED) is 0.120. The Hall–Kier alpha value is -12.2. The molecule has 0 spiro atoms. The molecule has 442 valence electrons. The van der Waals surface area contributed by atoms with Crippen LogP contribution in [-0.2, 0) is 7.05 Å². The minimum atomic E-state index is 1.08. The highest BCUT2D eigenvalue weighted by molar-refractivity contribution is 6.35. The van der Waals surface area contributed by atoms with Crippen LogP contribution >= 0.6 is 0 Å². The molecule has 0 aliphatic carbocycles. The largest absolute Gasteiger partial charge is 0.345 e. The first-order valence-electron chi connectivity index (χ1n) is 32.4. The molecule has 16 aromatic carbocycles. The van der Waals surface area contributed by atoms with Gasteiger partial charge in [-0.25, -0.2) is 0 Å². The van der Waals surface area contributed by atoms with Crippen LogP contribution in [0, 0.1) is 0 Å². The number of hydrogen-bond acceptors (Lipinski definition) is 2. The van der Waals surface area contributed by atoms with Crippen LogP contribution in [-0.4, -0.2) is 16.2 Å². The summed E-state index contributed by atoms with van der Waals surface area (Å²) in [6.07, 6.45) is 0. The Bertz CT molecular complexity index is 5980. The van der Waals surface area contributed by atoms with Gasteiger partial charge in [0, 0.05) is 74.8 Å². The summed E-state index contributed by atoms with van der Waals surface area (Å²) in [7, 11) is 4.40. The molecule has 18 aromatic rings. The molecule has 0 saturated carbocycles. The fraction of sp³-hybridized carbons (Fsp3) is 0.0222. The smallest absolute Gasteiger partial charge is 0.0626 e. The van der Waals surface area contributed by atoms with Crippen LogP contribution in [0.4, 0.5) is 28.4 Å². The normalized spacial score (nSPS) is 11.7. The molecule has 2 aromatic heterocycles. The SMILES string of the molecule is CN(c1ccc(-c2cccc3c2c2c4ccccc4c4ccccc4c2n3-c2ccc(-c3ccccc3)cc2)cc1)c1cccc(-c2cccc(-c3ccc(N(c4cccc(-c5ccccc5)c4)c4cccc5c4c4c6ccccc6c6ccccc6c4n5C)cc3)c2)c1. The Kier molecular flexibility index (Phi) is 13.0. The Morgan fingerprint density at radius 3 is 1.29 bits per heavy atom. The molecule has 0 radical (unpaired) electrons. The van der Waals surface area contributed by atoms with Gasteiger partial charge in [-0.3, -0.25) is 0 Å². The van der Waals surface area contributed by atoms with Crippen LogP contribution < -0.4 is 9.80 Å². The van der Waals surface area contributed by atoms with Crippen LogP contribution in [0.1, 0.15) is 0 Å². The monoisotopic (exact) mass is 1200 g/mol. The molecule has 4 heteroatoms. The second-order valence-corrected chi connectivity index (χ2v) is 24.8. The van der Waals surface area contributed by atoms with E-state index in [9.17, 15) is 0 Å². The van der Waals surface area contributed by atoms with E-state index in [-0.39, 0.29) is 0 Å². The van der Waals surface area contributed by atoms with Crippen molar-refractivity contribution in [3.8, 4) is 61.3 Å². The Morgan fingerprint density at radius 1 is 0.245 bits per heavy atom. The Balaban J connectivity index is 0.685. The van der Waals surface area contributed by atoms with Gasteiger partial charge in [-0.1, -0.05) is 255 Å². The van der Waals surface area contributed by atoms with E-state index < -0.39 is 0 Å². The van der Waals surface area contributed by atoms with Gasteiger partial charge in [-0.15, -0.1) is 0 Å². The first-order valence-corrected chi connectivity index (χ1v) is 32.4. The van der Waals surface area contributed by atoms with Gasteiger partial charge in [0.05, 0.1) is 27.8 Å². The van der Waals surface area contributed by atoms with Gasteiger partial charge >= 0.3 is 0 Å². The lowest BCUT2D eigenvalue weighted by Crippen LogP contribution is -2.10. The van der Waals surface area contributed by atoms with E-state index in [0.29, 0.717) is 0 Å². The Morgan fingerprint density at radius 2 is 0.649 bits per heavy atom. The first-order chi connectivity index (χ1) is 46.5. The number of aryl methyl sites for hydroxylation is 1.